The Hall–Kier alpha value is -3.60. The minimum atomic E-state index is -3.56. The van der Waals surface area contributed by atoms with Crippen molar-refractivity contribution in [2.45, 2.75) is 55.6 Å². The molecule has 2 amide bonds. The van der Waals surface area contributed by atoms with Gasteiger partial charge in [0.1, 0.15) is 11.9 Å². The molecule has 4 rings (SSSR count). The third-order valence-corrected chi connectivity index (χ3v) is 8.44. The minimum absolute atomic E-state index is 0.0138. The number of carbonyl (C=O) groups excluding carboxylic acids is 2. The van der Waals surface area contributed by atoms with E-state index in [9.17, 15) is 22.4 Å². The van der Waals surface area contributed by atoms with E-state index in [-0.39, 0.29) is 41.5 Å². The summed E-state index contributed by atoms with van der Waals surface area (Å²) in [5.41, 5.74) is 2.39. The van der Waals surface area contributed by atoms with Gasteiger partial charge in [-0.05, 0) is 60.2 Å². The molecule has 1 fully saturated rings. The van der Waals surface area contributed by atoms with Gasteiger partial charge < -0.3 is 15.0 Å². The molecule has 0 aromatic heterocycles. The van der Waals surface area contributed by atoms with Gasteiger partial charge in [-0.1, -0.05) is 54.6 Å². The summed E-state index contributed by atoms with van der Waals surface area (Å²) in [5, 5.41) is 2.87. The minimum Gasteiger partial charge on any atom is -0.383 e. The molecule has 2 N–H and O–H groups in total. The quantitative estimate of drug-likeness (QED) is 0.267. The Kier molecular flexibility index (Phi) is 10.6. The van der Waals surface area contributed by atoms with Crippen LogP contribution in [0.1, 0.15) is 36.0 Å². The summed E-state index contributed by atoms with van der Waals surface area (Å²) in [6.45, 7) is 0.750. The predicted octanol–water partition coefficient (Wildman–Crippen LogP) is 3.60. The molecule has 1 aliphatic carbocycles. The number of halogens is 1. The topological polar surface area (TPSA) is 105 Å². The molecule has 0 heterocycles. The van der Waals surface area contributed by atoms with Crippen LogP contribution >= 0.6 is 0 Å². The number of nitrogens with one attached hydrogen (secondary N) is 2. The highest BCUT2D eigenvalue weighted by Gasteiger charge is 2.30. The van der Waals surface area contributed by atoms with Crippen molar-refractivity contribution < 1.29 is 27.1 Å². The number of hydrogen-bond donors (Lipinski definition) is 2. The highest BCUT2D eigenvalue weighted by Crippen LogP contribution is 2.23. The number of aryl methyl sites for hydroxylation is 1. The molecule has 1 saturated carbocycles. The van der Waals surface area contributed by atoms with Crippen LogP contribution in [0, 0.1) is 5.82 Å². The van der Waals surface area contributed by atoms with E-state index in [0.717, 1.165) is 24.0 Å². The fraction of sp³-hybridized carbons (Fsp3) is 0.355. The molecule has 0 spiro atoms. The van der Waals surface area contributed by atoms with Crippen molar-refractivity contribution in [3.63, 3.8) is 0 Å². The van der Waals surface area contributed by atoms with Gasteiger partial charge in [0.25, 0.3) is 0 Å². The Morgan fingerprint density at radius 1 is 0.951 bits per heavy atom. The van der Waals surface area contributed by atoms with Gasteiger partial charge in [-0.15, -0.1) is 0 Å². The SMILES string of the molecule is COCCNC(=O)C(Cc1ccccc1)N(Cc1ccc(F)cc1)C(=O)CCc1ccc(S(=O)(=O)NC2CC2)cc1. The van der Waals surface area contributed by atoms with Crippen LogP contribution in [0.4, 0.5) is 4.39 Å². The fourth-order valence-electron chi connectivity index (χ4n) is 4.45. The number of hydrogen-bond acceptors (Lipinski definition) is 5. The van der Waals surface area contributed by atoms with Crippen LogP contribution in [0.3, 0.4) is 0 Å². The van der Waals surface area contributed by atoms with Crippen molar-refractivity contribution in [3.8, 4) is 0 Å². The molecule has 0 aliphatic heterocycles. The largest absolute Gasteiger partial charge is 0.383 e. The highest BCUT2D eigenvalue weighted by molar-refractivity contribution is 7.89. The van der Waals surface area contributed by atoms with Crippen LogP contribution in [0.2, 0.25) is 0 Å². The molecule has 3 aromatic carbocycles. The first-order valence-corrected chi connectivity index (χ1v) is 15.2. The Balaban J connectivity index is 1.53. The maximum absolute atomic E-state index is 13.7. The van der Waals surface area contributed by atoms with Crippen molar-refractivity contribution in [3.05, 3.63) is 101 Å². The van der Waals surface area contributed by atoms with Crippen LogP contribution in [0.5, 0.6) is 0 Å². The summed E-state index contributed by atoms with van der Waals surface area (Å²) in [7, 11) is -2.02. The maximum Gasteiger partial charge on any atom is 0.243 e. The zero-order valence-electron chi connectivity index (χ0n) is 23.1. The lowest BCUT2D eigenvalue weighted by Crippen LogP contribution is -2.51. The number of amides is 2. The van der Waals surface area contributed by atoms with Gasteiger partial charge in [-0.2, -0.15) is 0 Å². The van der Waals surface area contributed by atoms with Gasteiger partial charge in [0.2, 0.25) is 21.8 Å². The van der Waals surface area contributed by atoms with Gasteiger partial charge in [0.05, 0.1) is 11.5 Å². The standard InChI is InChI=1S/C31H36FN3O5S/c1-40-20-19-33-31(37)29(21-24-5-3-2-4-6-24)35(22-25-7-12-26(32)13-8-25)30(36)18-11-23-9-16-28(17-10-23)41(38,39)34-27-14-15-27/h2-10,12-13,16-17,27,29,34H,11,14-15,18-22H2,1H3,(H,33,37). The number of benzene rings is 3. The monoisotopic (exact) mass is 581 g/mol. The Morgan fingerprint density at radius 3 is 2.24 bits per heavy atom. The normalized spacial score (nSPS) is 13.9. The summed E-state index contributed by atoms with van der Waals surface area (Å²) < 4.78 is 46.3. The number of rotatable bonds is 15. The van der Waals surface area contributed by atoms with Crippen molar-refractivity contribution >= 4 is 21.8 Å². The molecule has 8 nitrogen and oxygen atoms in total. The summed E-state index contributed by atoms with van der Waals surface area (Å²) >= 11 is 0. The Bertz CT molecular complexity index is 1400. The van der Waals surface area contributed by atoms with Crippen molar-refractivity contribution in [1.29, 1.82) is 0 Å². The van der Waals surface area contributed by atoms with E-state index in [1.54, 1.807) is 48.4 Å². The first kappa shape index (κ1) is 30.4. The summed E-state index contributed by atoms with van der Waals surface area (Å²) in [6.07, 6.45) is 2.46. The van der Waals surface area contributed by atoms with Crippen LogP contribution in [-0.2, 0) is 43.7 Å². The van der Waals surface area contributed by atoms with Crippen molar-refractivity contribution in [2.24, 2.45) is 0 Å². The van der Waals surface area contributed by atoms with Gasteiger partial charge in [0.15, 0.2) is 0 Å². The lowest BCUT2D eigenvalue weighted by atomic mass is 10.0. The smallest absolute Gasteiger partial charge is 0.243 e. The summed E-state index contributed by atoms with van der Waals surface area (Å²) in [5.74, 6) is -0.939. The summed E-state index contributed by atoms with van der Waals surface area (Å²) in [4.78, 5) is 28.9. The maximum atomic E-state index is 13.7. The van der Waals surface area contributed by atoms with E-state index in [0.29, 0.717) is 31.6 Å². The van der Waals surface area contributed by atoms with Crippen LogP contribution in [-0.4, -0.2) is 57.5 Å². The van der Waals surface area contributed by atoms with E-state index in [1.165, 1.54) is 12.1 Å². The zero-order chi connectivity index (χ0) is 29.2. The fourth-order valence-corrected chi connectivity index (χ4v) is 5.76. The second-order valence-corrected chi connectivity index (χ2v) is 11.9. The molecule has 0 radical (unpaired) electrons. The lowest BCUT2D eigenvalue weighted by molar-refractivity contribution is -0.141. The molecule has 218 valence electrons. The molecule has 1 atom stereocenters. The predicted molar refractivity (Wildman–Crippen MR) is 154 cm³/mol. The van der Waals surface area contributed by atoms with E-state index < -0.39 is 16.1 Å². The van der Waals surface area contributed by atoms with E-state index in [4.69, 9.17) is 4.74 Å². The second-order valence-electron chi connectivity index (χ2n) is 10.2. The first-order chi connectivity index (χ1) is 19.7. The second kappa shape index (κ2) is 14.3. The number of methoxy groups -OCH3 is 1. The average Bonchev–Trinajstić information content (AvgIpc) is 3.79. The van der Waals surface area contributed by atoms with Crippen LogP contribution in [0.15, 0.2) is 83.8 Å². The molecule has 3 aromatic rings. The van der Waals surface area contributed by atoms with Gasteiger partial charge in [-0.25, -0.2) is 17.5 Å². The van der Waals surface area contributed by atoms with Gasteiger partial charge >= 0.3 is 0 Å². The molecule has 10 heteroatoms. The zero-order valence-corrected chi connectivity index (χ0v) is 23.9. The van der Waals surface area contributed by atoms with E-state index in [2.05, 4.69) is 10.0 Å². The first-order valence-electron chi connectivity index (χ1n) is 13.7. The highest BCUT2D eigenvalue weighted by atomic mass is 32.2. The molecular formula is C31H36FN3O5S. The number of nitrogens with zero attached hydrogens (tertiary/aromatic N) is 1. The molecule has 0 bridgehead atoms. The molecule has 41 heavy (non-hydrogen) atoms. The molecule has 1 unspecified atom stereocenters. The number of ether oxygens (including phenoxy) is 1. The average molecular weight is 582 g/mol. The molecule has 1 aliphatic rings. The third kappa shape index (κ3) is 9.21. The summed E-state index contributed by atoms with van der Waals surface area (Å²) in [6, 6.07) is 21.0. The number of carbonyl (C=O) groups is 2. The Morgan fingerprint density at radius 2 is 1.61 bits per heavy atom. The number of sulfonamides is 1. The lowest BCUT2D eigenvalue weighted by Gasteiger charge is -2.31. The van der Waals surface area contributed by atoms with E-state index >= 15 is 0 Å². The van der Waals surface area contributed by atoms with Gasteiger partial charge in [0, 0.05) is 39.1 Å². The van der Waals surface area contributed by atoms with Crippen LogP contribution in [0.25, 0.3) is 0 Å². The van der Waals surface area contributed by atoms with Crippen molar-refractivity contribution in [2.75, 3.05) is 20.3 Å². The van der Waals surface area contributed by atoms with Gasteiger partial charge in [-0.3, -0.25) is 9.59 Å². The Labute approximate surface area is 241 Å². The van der Waals surface area contributed by atoms with Crippen LogP contribution < -0.4 is 10.0 Å². The molecule has 0 saturated heterocycles. The van der Waals surface area contributed by atoms with Crippen molar-refractivity contribution in [1.82, 2.24) is 14.9 Å². The third-order valence-electron chi connectivity index (χ3n) is 6.90. The molecular weight excluding hydrogens is 545 g/mol. The van der Waals surface area contributed by atoms with E-state index in [1.807, 2.05) is 30.3 Å².